The van der Waals surface area contributed by atoms with Crippen molar-refractivity contribution in [2.75, 3.05) is 6.54 Å². The highest BCUT2D eigenvalue weighted by Gasteiger charge is 2.36. The van der Waals surface area contributed by atoms with Crippen LogP contribution in [0.25, 0.3) is 0 Å². The Balaban J connectivity index is 1.62. The van der Waals surface area contributed by atoms with Crippen LogP contribution in [0.3, 0.4) is 0 Å². The summed E-state index contributed by atoms with van der Waals surface area (Å²) in [5.41, 5.74) is -0.220. The van der Waals surface area contributed by atoms with Gasteiger partial charge in [-0.2, -0.15) is 13.2 Å². The fourth-order valence-electron chi connectivity index (χ4n) is 2.95. The van der Waals surface area contributed by atoms with Crippen LogP contribution in [0.1, 0.15) is 36.8 Å². The summed E-state index contributed by atoms with van der Waals surface area (Å²) < 4.78 is 37.7. The number of benzene rings is 1. The van der Waals surface area contributed by atoms with Gasteiger partial charge in [0.1, 0.15) is 6.04 Å². The van der Waals surface area contributed by atoms with Gasteiger partial charge in [0.15, 0.2) is 0 Å². The average molecular weight is 340 g/mol. The highest BCUT2D eigenvalue weighted by molar-refractivity contribution is 5.89. The highest BCUT2D eigenvalue weighted by Crippen LogP contribution is 2.29. The number of nitrogens with zero attached hydrogens (tertiary/aromatic N) is 1. The van der Waals surface area contributed by atoms with E-state index < -0.39 is 17.8 Å². The maximum absolute atomic E-state index is 12.6. The van der Waals surface area contributed by atoms with Crippen LogP contribution in [0, 0.1) is 0 Å². The van der Waals surface area contributed by atoms with Crippen molar-refractivity contribution >= 4 is 11.8 Å². The van der Waals surface area contributed by atoms with Crippen LogP contribution < -0.4 is 5.32 Å². The molecule has 1 aliphatic carbocycles. The third-order valence-corrected chi connectivity index (χ3v) is 4.44. The quantitative estimate of drug-likeness (QED) is 0.916. The summed E-state index contributed by atoms with van der Waals surface area (Å²) >= 11 is 0. The second-order valence-corrected chi connectivity index (χ2v) is 6.40. The van der Waals surface area contributed by atoms with E-state index in [2.05, 4.69) is 5.32 Å². The van der Waals surface area contributed by atoms with Crippen molar-refractivity contribution in [3.8, 4) is 0 Å². The number of amides is 2. The number of likely N-dealkylation sites (tertiary alicyclic amines) is 1. The Morgan fingerprint density at radius 3 is 2.38 bits per heavy atom. The van der Waals surface area contributed by atoms with E-state index in [1.165, 1.54) is 12.1 Å². The van der Waals surface area contributed by atoms with Gasteiger partial charge in [-0.15, -0.1) is 0 Å². The maximum atomic E-state index is 12.6. The smallest absolute Gasteiger partial charge is 0.352 e. The fourth-order valence-corrected chi connectivity index (χ4v) is 2.95. The minimum Gasteiger partial charge on any atom is -0.352 e. The van der Waals surface area contributed by atoms with Gasteiger partial charge in [0, 0.05) is 12.6 Å². The van der Waals surface area contributed by atoms with Crippen LogP contribution >= 0.6 is 0 Å². The molecular formula is C17H19F3N2O2. The molecule has 0 bridgehead atoms. The van der Waals surface area contributed by atoms with Crippen LogP contribution in [-0.2, 0) is 22.2 Å². The van der Waals surface area contributed by atoms with E-state index in [1.807, 2.05) is 0 Å². The Bertz CT molecular complexity index is 624. The van der Waals surface area contributed by atoms with Gasteiger partial charge in [-0.25, -0.2) is 0 Å². The zero-order chi connectivity index (χ0) is 17.3. The lowest BCUT2D eigenvalue weighted by Gasteiger charge is -2.24. The molecule has 1 aromatic rings. The molecule has 24 heavy (non-hydrogen) atoms. The molecular weight excluding hydrogens is 321 g/mol. The Labute approximate surface area is 138 Å². The van der Waals surface area contributed by atoms with Crippen molar-refractivity contribution in [2.24, 2.45) is 0 Å². The molecule has 1 aromatic carbocycles. The topological polar surface area (TPSA) is 49.4 Å². The molecule has 1 N–H and O–H groups in total. The van der Waals surface area contributed by atoms with Crippen molar-refractivity contribution in [1.82, 2.24) is 10.2 Å². The molecule has 7 heteroatoms. The predicted octanol–water partition coefficient (Wildman–Crippen LogP) is 2.52. The van der Waals surface area contributed by atoms with Gasteiger partial charge in [0.05, 0.1) is 12.0 Å². The standard InChI is InChI=1S/C17H19F3N2O2/c18-17(19,20)12-5-3-11(4-6-12)10-15(23)22-9-1-2-14(22)16(24)21-13-7-8-13/h3-6,13-14H,1-2,7-10H2,(H,21,24). The number of nitrogens with one attached hydrogen (secondary N) is 1. The van der Waals surface area contributed by atoms with Crippen molar-refractivity contribution in [3.63, 3.8) is 0 Å². The largest absolute Gasteiger partial charge is 0.416 e. The summed E-state index contributed by atoms with van der Waals surface area (Å²) in [7, 11) is 0. The van der Waals surface area contributed by atoms with Gasteiger partial charge in [0.2, 0.25) is 11.8 Å². The molecule has 3 rings (SSSR count). The van der Waals surface area contributed by atoms with Gasteiger partial charge in [-0.1, -0.05) is 12.1 Å². The molecule has 1 atom stereocenters. The van der Waals surface area contributed by atoms with E-state index in [-0.39, 0.29) is 24.3 Å². The van der Waals surface area contributed by atoms with E-state index in [9.17, 15) is 22.8 Å². The summed E-state index contributed by atoms with van der Waals surface area (Å²) in [6.07, 6.45) is -1.01. The third-order valence-electron chi connectivity index (χ3n) is 4.44. The number of rotatable bonds is 4. The summed E-state index contributed by atoms with van der Waals surface area (Å²) in [5.74, 6) is -0.334. The first kappa shape index (κ1) is 16.8. The number of alkyl halides is 3. The molecule has 1 heterocycles. The Hall–Kier alpha value is -2.05. The van der Waals surface area contributed by atoms with E-state index in [0.29, 0.717) is 18.5 Å². The number of halogens is 3. The van der Waals surface area contributed by atoms with Crippen LogP contribution in [-0.4, -0.2) is 35.3 Å². The van der Waals surface area contributed by atoms with Crippen molar-refractivity contribution in [3.05, 3.63) is 35.4 Å². The zero-order valence-corrected chi connectivity index (χ0v) is 13.1. The molecule has 2 aliphatic rings. The van der Waals surface area contributed by atoms with E-state index in [1.54, 1.807) is 4.90 Å². The number of hydrogen-bond acceptors (Lipinski definition) is 2. The van der Waals surface area contributed by atoms with Gasteiger partial charge in [0.25, 0.3) is 0 Å². The van der Waals surface area contributed by atoms with Gasteiger partial charge in [-0.05, 0) is 43.4 Å². The molecule has 1 aliphatic heterocycles. The van der Waals surface area contributed by atoms with Crippen molar-refractivity contribution < 1.29 is 22.8 Å². The fraction of sp³-hybridized carbons (Fsp3) is 0.529. The molecule has 1 saturated carbocycles. The lowest BCUT2D eigenvalue weighted by molar-refractivity contribution is -0.138. The monoisotopic (exact) mass is 340 g/mol. The summed E-state index contributed by atoms with van der Waals surface area (Å²) in [5, 5.41) is 2.91. The van der Waals surface area contributed by atoms with E-state index in [0.717, 1.165) is 31.4 Å². The first-order chi connectivity index (χ1) is 11.3. The molecule has 0 aromatic heterocycles. The minimum absolute atomic E-state index is 0.00530. The molecule has 130 valence electrons. The van der Waals surface area contributed by atoms with Gasteiger partial charge < -0.3 is 10.2 Å². The van der Waals surface area contributed by atoms with Crippen molar-refractivity contribution in [1.29, 1.82) is 0 Å². The normalized spacial score (nSPS) is 21.0. The Morgan fingerprint density at radius 2 is 1.79 bits per heavy atom. The average Bonchev–Trinajstić information content (AvgIpc) is 3.18. The zero-order valence-electron chi connectivity index (χ0n) is 13.1. The molecule has 1 saturated heterocycles. The number of carbonyl (C=O) groups excluding carboxylic acids is 2. The van der Waals surface area contributed by atoms with E-state index >= 15 is 0 Å². The second-order valence-electron chi connectivity index (χ2n) is 6.40. The first-order valence-electron chi connectivity index (χ1n) is 8.10. The predicted molar refractivity (Wildman–Crippen MR) is 81.0 cm³/mol. The lowest BCUT2D eigenvalue weighted by atomic mass is 10.1. The summed E-state index contributed by atoms with van der Waals surface area (Å²) in [4.78, 5) is 26.2. The molecule has 4 nitrogen and oxygen atoms in total. The first-order valence-corrected chi connectivity index (χ1v) is 8.10. The molecule has 2 amide bonds. The summed E-state index contributed by atoms with van der Waals surface area (Å²) in [6.45, 7) is 0.516. The van der Waals surface area contributed by atoms with Crippen LogP contribution in [0.5, 0.6) is 0 Å². The van der Waals surface area contributed by atoms with Crippen LogP contribution in [0.15, 0.2) is 24.3 Å². The van der Waals surface area contributed by atoms with Gasteiger partial charge >= 0.3 is 6.18 Å². The number of carbonyl (C=O) groups is 2. The second kappa shape index (κ2) is 6.45. The third kappa shape index (κ3) is 3.88. The van der Waals surface area contributed by atoms with E-state index in [4.69, 9.17) is 0 Å². The molecule has 0 spiro atoms. The molecule has 0 radical (unpaired) electrons. The van der Waals surface area contributed by atoms with Crippen LogP contribution in [0.4, 0.5) is 13.2 Å². The van der Waals surface area contributed by atoms with Crippen LogP contribution in [0.2, 0.25) is 0 Å². The number of hydrogen-bond donors (Lipinski definition) is 1. The molecule has 1 unspecified atom stereocenters. The SMILES string of the molecule is O=C(NC1CC1)C1CCCN1C(=O)Cc1ccc(C(F)(F)F)cc1. The van der Waals surface area contributed by atoms with Gasteiger partial charge in [-0.3, -0.25) is 9.59 Å². The Kier molecular flexibility index (Phi) is 4.51. The highest BCUT2D eigenvalue weighted by atomic mass is 19.4. The minimum atomic E-state index is -4.39. The van der Waals surface area contributed by atoms with Crippen molar-refractivity contribution in [2.45, 2.75) is 50.4 Å². The maximum Gasteiger partial charge on any atom is 0.416 e. The Morgan fingerprint density at radius 1 is 1.12 bits per heavy atom. The summed E-state index contributed by atoms with van der Waals surface area (Å²) in [6, 6.07) is 4.37. The lowest BCUT2D eigenvalue weighted by Crippen LogP contribution is -2.47. The molecule has 2 fully saturated rings.